The Labute approximate surface area is 178 Å². The molecule has 2 aliphatic heterocycles. The van der Waals surface area contributed by atoms with E-state index in [0.717, 1.165) is 0 Å². The predicted octanol–water partition coefficient (Wildman–Crippen LogP) is 1.71. The second kappa shape index (κ2) is 9.21. The van der Waals surface area contributed by atoms with E-state index < -0.39 is 35.3 Å². The average molecular weight is 423 g/mol. The van der Waals surface area contributed by atoms with Crippen LogP contribution in [0.25, 0.3) is 0 Å². The van der Waals surface area contributed by atoms with E-state index in [4.69, 9.17) is 9.47 Å². The first-order valence-corrected chi connectivity index (χ1v) is 10.4. The Hall–Kier alpha value is -2.34. The lowest BCUT2D eigenvalue weighted by atomic mass is 9.99. The van der Waals surface area contributed by atoms with Gasteiger partial charge in [0.25, 0.3) is 0 Å². The number of amides is 3. The zero-order chi connectivity index (χ0) is 22.7. The summed E-state index contributed by atoms with van der Waals surface area (Å²) in [6.07, 6.45) is 0.280. The Kier molecular flexibility index (Phi) is 7.35. The van der Waals surface area contributed by atoms with Crippen LogP contribution in [0.4, 0.5) is 4.79 Å². The summed E-state index contributed by atoms with van der Waals surface area (Å²) in [7, 11) is 0. The first-order chi connectivity index (χ1) is 13.8. The summed E-state index contributed by atoms with van der Waals surface area (Å²) in [5.74, 6) is -0.831. The highest BCUT2D eigenvalue weighted by Gasteiger charge is 2.43. The molecule has 2 rings (SSSR count). The Morgan fingerprint density at radius 1 is 1.27 bits per heavy atom. The number of nitrogens with zero attached hydrogens (tertiary/aromatic N) is 2. The third kappa shape index (κ3) is 6.87. The smallest absolute Gasteiger partial charge is 0.411 e. The van der Waals surface area contributed by atoms with Crippen LogP contribution in [0.15, 0.2) is 0 Å². The SMILES string of the molecule is CC(C)(C)OC(=O)N1C[C@H](OC(C)(C)C)C[C@H]1C(=O)N[C@H](C#N)C[C@@H]1CCNC1=O. The molecule has 2 N–H and O–H groups in total. The van der Waals surface area contributed by atoms with Gasteiger partial charge in [-0.2, -0.15) is 5.26 Å². The van der Waals surface area contributed by atoms with Crippen LogP contribution in [-0.2, 0) is 19.1 Å². The molecule has 0 spiro atoms. The summed E-state index contributed by atoms with van der Waals surface area (Å²) in [6, 6.07) is 0.442. The topological polar surface area (TPSA) is 121 Å². The van der Waals surface area contributed by atoms with Gasteiger partial charge in [-0.3, -0.25) is 14.5 Å². The zero-order valence-corrected chi connectivity index (χ0v) is 18.8. The van der Waals surface area contributed by atoms with E-state index in [1.807, 2.05) is 20.8 Å². The van der Waals surface area contributed by atoms with Gasteiger partial charge in [-0.05, 0) is 54.4 Å². The number of hydrogen-bond donors (Lipinski definition) is 2. The highest BCUT2D eigenvalue weighted by atomic mass is 16.6. The van der Waals surface area contributed by atoms with E-state index >= 15 is 0 Å². The van der Waals surface area contributed by atoms with Crippen LogP contribution in [0.1, 0.15) is 60.8 Å². The molecule has 0 unspecified atom stereocenters. The maximum atomic E-state index is 13.0. The molecule has 0 aromatic carbocycles. The predicted molar refractivity (Wildman–Crippen MR) is 109 cm³/mol. The van der Waals surface area contributed by atoms with Crippen molar-refractivity contribution >= 4 is 17.9 Å². The van der Waals surface area contributed by atoms with Gasteiger partial charge >= 0.3 is 6.09 Å². The highest BCUT2D eigenvalue weighted by Crippen LogP contribution is 2.27. The molecule has 3 amide bonds. The van der Waals surface area contributed by atoms with E-state index in [1.165, 1.54) is 4.90 Å². The highest BCUT2D eigenvalue weighted by molar-refractivity contribution is 5.87. The molecule has 2 fully saturated rings. The lowest BCUT2D eigenvalue weighted by Crippen LogP contribution is -2.50. The van der Waals surface area contributed by atoms with Gasteiger partial charge in [-0.1, -0.05) is 0 Å². The van der Waals surface area contributed by atoms with Crippen molar-refractivity contribution in [3.8, 4) is 6.07 Å². The largest absolute Gasteiger partial charge is 0.444 e. The van der Waals surface area contributed by atoms with Crippen LogP contribution >= 0.6 is 0 Å². The van der Waals surface area contributed by atoms with Gasteiger partial charge in [0.1, 0.15) is 17.7 Å². The minimum absolute atomic E-state index is 0.0978. The number of nitrogens with one attached hydrogen (secondary N) is 2. The molecule has 30 heavy (non-hydrogen) atoms. The quantitative estimate of drug-likeness (QED) is 0.696. The molecule has 0 saturated carbocycles. The molecule has 0 radical (unpaired) electrons. The molecular weight excluding hydrogens is 388 g/mol. The van der Waals surface area contributed by atoms with Gasteiger partial charge in [0.2, 0.25) is 11.8 Å². The summed E-state index contributed by atoms with van der Waals surface area (Å²) in [5.41, 5.74) is -1.13. The second-order valence-corrected chi connectivity index (χ2v) is 9.94. The number of nitriles is 1. The molecular formula is C21H34N4O5. The minimum Gasteiger partial charge on any atom is -0.444 e. The molecule has 9 nitrogen and oxygen atoms in total. The molecule has 0 aromatic heterocycles. The van der Waals surface area contributed by atoms with Crippen LogP contribution in [0.3, 0.4) is 0 Å². The van der Waals surface area contributed by atoms with Crippen molar-refractivity contribution in [2.24, 2.45) is 5.92 Å². The maximum Gasteiger partial charge on any atom is 0.411 e. The van der Waals surface area contributed by atoms with Crippen LogP contribution in [0.2, 0.25) is 0 Å². The fraction of sp³-hybridized carbons (Fsp3) is 0.810. The van der Waals surface area contributed by atoms with Crippen molar-refractivity contribution in [2.45, 2.75) is 90.2 Å². The van der Waals surface area contributed by atoms with Crippen LogP contribution < -0.4 is 10.6 Å². The lowest BCUT2D eigenvalue weighted by molar-refractivity contribution is -0.127. The van der Waals surface area contributed by atoms with Crippen molar-refractivity contribution in [1.29, 1.82) is 5.26 Å². The van der Waals surface area contributed by atoms with Gasteiger partial charge in [-0.15, -0.1) is 0 Å². The van der Waals surface area contributed by atoms with E-state index in [1.54, 1.807) is 20.8 Å². The number of likely N-dealkylation sites (tertiary alicyclic amines) is 1. The molecule has 2 aliphatic rings. The maximum absolute atomic E-state index is 13.0. The number of carbonyl (C=O) groups excluding carboxylic acids is 3. The molecule has 0 bridgehead atoms. The molecule has 2 saturated heterocycles. The van der Waals surface area contributed by atoms with Gasteiger partial charge in [0.15, 0.2) is 0 Å². The average Bonchev–Trinajstić information content (AvgIpc) is 3.17. The normalized spacial score (nSPS) is 25.4. The molecule has 2 heterocycles. The summed E-state index contributed by atoms with van der Waals surface area (Å²) in [5, 5.41) is 14.9. The number of carbonyl (C=O) groups is 3. The second-order valence-electron chi connectivity index (χ2n) is 9.94. The fourth-order valence-corrected chi connectivity index (χ4v) is 3.72. The van der Waals surface area contributed by atoms with Crippen LogP contribution in [-0.4, -0.2) is 65.3 Å². The van der Waals surface area contributed by atoms with Crippen molar-refractivity contribution in [1.82, 2.24) is 15.5 Å². The Morgan fingerprint density at radius 2 is 1.93 bits per heavy atom. The number of rotatable bonds is 5. The molecule has 9 heteroatoms. The first kappa shape index (κ1) is 23.9. The van der Waals surface area contributed by atoms with E-state index in [2.05, 4.69) is 16.7 Å². The number of hydrogen-bond acceptors (Lipinski definition) is 6. The monoisotopic (exact) mass is 422 g/mol. The van der Waals surface area contributed by atoms with Crippen molar-refractivity contribution in [2.75, 3.05) is 13.1 Å². The van der Waals surface area contributed by atoms with Crippen molar-refractivity contribution in [3.63, 3.8) is 0 Å². The van der Waals surface area contributed by atoms with Crippen molar-refractivity contribution < 1.29 is 23.9 Å². The third-order valence-electron chi connectivity index (χ3n) is 4.87. The minimum atomic E-state index is -0.811. The zero-order valence-electron chi connectivity index (χ0n) is 18.8. The van der Waals surface area contributed by atoms with Gasteiger partial charge in [0, 0.05) is 18.9 Å². The van der Waals surface area contributed by atoms with E-state index in [-0.39, 0.29) is 30.9 Å². The Balaban J connectivity index is 2.10. The molecule has 4 atom stereocenters. The van der Waals surface area contributed by atoms with Crippen LogP contribution in [0.5, 0.6) is 0 Å². The van der Waals surface area contributed by atoms with E-state index in [0.29, 0.717) is 19.4 Å². The van der Waals surface area contributed by atoms with Crippen molar-refractivity contribution in [3.05, 3.63) is 0 Å². The lowest BCUT2D eigenvalue weighted by Gasteiger charge is -2.28. The van der Waals surface area contributed by atoms with Gasteiger partial charge < -0.3 is 20.1 Å². The molecule has 0 aromatic rings. The summed E-state index contributed by atoms with van der Waals surface area (Å²) >= 11 is 0. The summed E-state index contributed by atoms with van der Waals surface area (Å²) < 4.78 is 11.5. The Morgan fingerprint density at radius 3 is 2.43 bits per heavy atom. The Bertz CT molecular complexity index is 704. The fourth-order valence-electron chi connectivity index (χ4n) is 3.72. The van der Waals surface area contributed by atoms with Gasteiger partial charge in [-0.25, -0.2) is 4.79 Å². The van der Waals surface area contributed by atoms with E-state index in [9.17, 15) is 19.6 Å². The summed E-state index contributed by atoms with van der Waals surface area (Å²) in [6.45, 7) is 11.8. The molecule has 0 aliphatic carbocycles. The van der Waals surface area contributed by atoms with Crippen LogP contribution in [0, 0.1) is 17.2 Å². The summed E-state index contributed by atoms with van der Waals surface area (Å²) in [4.78, 5) is 38.9. The molecule has 168 valence electrons. The number of ether oxygens (including phenoxy) is 2. The van der Waals surface area contributed by atoms with Gasteiger partial charge in [0.05, 0.1) is 24.3 Å². The third-order valence-corrected chi connectivity index (χ3v) is 4.87. The standard InChI is InChI=1S/C21H34N4O5/c1-20(2,3)29-15-10-16(25(12-15)19(28)30-21(4,5)6)18(27)24-14(11-22)9-13-7-8-23-17(13)26/h13-16H,7-10,12H2,1-6H3,(H,23,26)(H,24,27)/t13-,14-,15+,16-/m0/s1. The first-order valence-electron chi connectivity index (χ1n) is 10.4.